The standard InChI is InChI=1S/C28H27FN8OSi/c1-19(39-25-4-2-24(29)3-5-25)22-13-30-27(31-14-22)20-6-8-35(9-7-20)28-26-12-21(17-37(26)34-18-32-28)23-15-33-36(16-23)10-11-38/h2-6,12-19,38H,7-11H2,1H3/t19-/m0/s1. The maximum absolute atomic E-state index is 13.2. The second-order valence-corrected chi connectivity index (χ2v) is 11.2. The second kappa shape index (κ2) is 10.9. The molecule has 0 saturated heterocycles. The van der Waals surface area contributed by atoms with Crippen LogP contribution >= 0.6 is 0 Å². The Morgan fingerprint density at radius 2 is 1.85 bits per heavy atom. The van der Waals surface area contributed by atoms with E-state index in [9.17, 15) is 4.39 Å². The zero-order valence-electron chi connectivity index (χ0n) is 21.4. The van der Waals surface area contributed by atoms with Gasteiger partial charge in [-0.25, -0.2) is 23.9 Å². The van der Waals surface area contributed by atoms with E-state index in [1.807, 2.05) is 41.4 Å². The van der Waals surface area contributed by atoms with E-state index in [-0.39, 0.29) is 18.0 Å². The smallest absolute Gasteiger partial charge is 0.156 e. The first-order chi connectivity index (χ1) is 19.1. The maximum Gasteiger partial charge on any atom is 0.156 e. The lowest BCUT2D eigenvalue weighted by molar-refractivity contribution is 0.269. The molecule has 0 spiro atoms. The van der Waals surface area contributed by atoms with Crippen LogP contribution in [0.4, 0.5) is 10.2 Å². The SMILES string of the molecule is C[C@H]([Si]c1ccc(F)cc1)c1cnc(C2=CCN(c3ncnn4cc(-c5cnn(CCO)c5)cc34)CC2)nc1. The summed E-state index contributed by atoms with van der Waals surface area (Å²) < 4.78 is 16.8. The van der Waals surface area contributed by atoms with E-state index in [2.05, 4.69) is 49.1 Å². The first-order valence-corrected chi connectivity index (χ1v) is 13.9. The lowest BCUT2D eigenvalue weighted by Crippen LogP contribution is -2.29. The van der Waals surface area contributed by atoms with Crippen LogP contribution in [0.3, 0.4) is 0 Å². The molecule has 5 aromatic rings. The normalized spacial score (nSPS) is 14.5. The fraction of sp³-hybridized carbons (Fsp3) is 0.250. The number of aromatic nitrogens is 7. The average Bonchev–Trinajstić information content (AvgIpc) is 3.62. The summed E-state index contributed by atoms with van der Waals surface area (Å²) in [6, 6.07) is 8.76. The van der Waals surface area contributed by atoms with Gasteiger partial charge in [0.05, 0.1) is 28.9 Å². The van der Waals surface area contributed by atoms with Gasteiger partial charge in [0.15, 0.2) is 11.6 Å². The lowest BCUT2D eigenvalue weighted by atomic mass is 10.1. The molecule has 1 aliphatic rings. The zero-order chi connectivity index (χ0) is 26.8. The van der Waals surface area contributed by atoms with Gasteiger partial charge in [-0.2, -0.15) is 10.2 Å². The molecule has 0 unspecified atom stereocenters. The number of benzene rings is 1. The molecule has 1 atom stereocenters. The quantitative estimate of drug-likeness (QED) is 0.304. The summed E-state index contributed by atoms with van der Waals surface area (Å²) in [4.78, 5) is 16.2. The number of halogens is 1. The van der Waals surface area contributed by atoms with E-state index in [0.717, 1.165) is 57.6 Å². The van der Waals surface area contributed by atoms with Gasteiger partial charge in [-0.1, -0.05) is 30.3 Å². The van der Waals surface area contributed by atoms with Crippen LogP contribution in [0.1, 0.15) is 30.3 Å². The lowest BCUT2D eigenvalue weighted by Gasteiger charge is -2.27. The average molecular weight is 539 g/mol. The summed E-state index contributed by atoms with van der Waals surface area (Å²) in [6.45, 7) is 4.15. The van der Waals surface area contributed by atoms with Gasteiger partial charge in [0.1, 0.15) is 17.7 Å². The van der Waals surface area contributed by atoms with Crippen LogP contribution in [-0.4, -0.2) is 68.7 Å². The Kier molecular flexibility index (Phi) is 6.99. The minimum absolute atomic E-state index is 0.0467. The fourth-order valence-corrected chi connectivity index (χ4v) is 5.90. The van der Waals surface area contributed by atoms with E-state index >= 15 is 0 Å². The van der Waals surface area contributed by atoms with Crippen molar-refractivity contribution in [1.82, 2.24) is 34.3 Å². The Hall–Kier alpha value is -4.22. The number of nitrogens with zero attached hydrogens (tertiary/aromatic N) is 8. The molecular weight excluding hydrogens is 511 g/mol. The third kappa shape index (κ3) is 5.36. The van der Waals surface area contributed by atoms with Gasteiger partial charge in [0.25, 0.3) is 0 Å². The van der Waals surface area contributed by atoms with E-state index in [0.29, 0.717) is 22.6 Å². The van der Waals surface area contributed by atoms with Crippen molar-refractivity contribution in [1.29, 1.82) is 0 Å². The number of fused-ring (bicyclic) bond motifs is 1. The van der Waals surface area contributed by atoms with Crippen molar-refractivity contribution in [2.45, 2.75) is 25.4 Å². The molecule has 2 radical (unpaired) electrons. The third-order valence-electron chi connectivity index (χ3n) is 6.88. The molecular formula is C28H27FN8OSi. The molecule has 0 amide bonds. The van der Waals surface area contributed by atoms with E-state index in [1.165, 1.54) is 12.1 Å². The van der Waals surface area contributed by atoms with Gasteiger partial charge in [-0.15, -0.1) is 0 Å². The molecule has 0 fully saturated rings. The summed E-state index contributed by atoms with van der Waals surface area (Å²) in [6.07, 6.45) is 14.1. The van der Waals surface area contributed by atoms with Gasteiger partial charge in [0, 0.05) is 49.0 Å². The van der Waals surface area contributed by atoms with Gasteiger partial charge in [0.2, 0.25) is 0 Å². The zero-order valence-corrected chi connectivity index (χ0v) is 22.4. The van der Waals surface area contributed by atoms with Crippen LogP contribution in [0.5, 0.6) is 0 Å². The van der Waals surface area contributed by atoms with Crippen LogP contribution in [0.25, 0.3) is 22.2 Å². The molecule has 0 aliphatic carbocycles. The summed E-state index contributed by atoms with van der Waals surface area (Å²) in [5.41, 5.74) is 5.36. The summed E-state index contributed by atoms with van der Waals surface area (Å²) in [5.74, 6) is 1.42. The van der Waals surface area contributed by atoms with Crippen molar-refractivity contribution in [3.8, 4) is 11.1 Å². The molecule has 39 heavy (non-hydrogen) atoms. The van der Waals surface area contributed by atoms with Gasteiger partial charge in [-0.05, 0) is 41.3 Å². The van der Waals surface area contributed by atoms with E-state index < -0.39 is 0 Å². The van der Waals surface area contributed by atoms with Crippen LogP contribution in [0, 0.1) is 5.82 Å². The van der Waals surface area contributed by atoms with E-state index in [1.54, 1.807) is 17.2 Å². The Labute approximate surface area is 227 Å². The number of aliphatic hydroxyl groups is 1. The Morgan fingerprint density at radius 1 is 1.03 bits per heavy atom. The molecule has 5 heterocycles. The topological polar surface area (TPSA) is 97.3 Å². The van der Waals surface area contributed by atoms with Crippen molar-refractivity contribution in [3.05, 3.63) is 90.9 Å². The van der Waals surface area contributed by atoms with Crippen LogP contribution < -0.4 is 10.1 Å². The van der Waals surface area contributed by atoms with Crippen molar-refractivity contribution in [2.75, 3.05) is 24.6 Å². The van der Waals surface area contributed by atoms with Gasteiger partial charge in [-0.3, -0.25) is 4.68 Å². The highest BCUT2D eigenvalue weighted by molar-refractivity contribution is 6.54. The third-order valence-corrected chi connectivity index (χ3v) is 8.31. The van der Waals surface area contributed by atoms with Crippen molar-refractivity contribution in [2.24, 2.45) is 0 Å². The molecule has 1 aliphatic heterocycles. The molecule has 9 nitrogen and oxygen atoms in total. The summed E-state index contributed by atoms with van der Waals surface area (Å²) in [5, 5.41) is 19.0. The predicted octanol–water partition coefficient (Wildman–Crippen LogP) is 2.90. The highest BCUT2D eigenvalue weighted by Gasteiger charge is 2.20. The number of aliphatic hydroxyl groups excluding tert-OH is 1. The van der Waals surface area contributed by atoms with Crippen molar-refractivity contribution in [3.63, 3.8) is 0 Å². The molecule has 6 rings (SSSR count). The van der Waals surface area contributed by atoms with Crippen molar-refractivity contribution < 1.29 is 9.50 Å². The molecule has 1 N–H and O–H groups in total. The Balaban J connectivity index is 1.15. The highest BCUT2D eigenvalue weighted by atomic mass is 28.2. The Bertz CT molecular complexity index is 1610. The minimum atomic E-state index is -0.214. The fourth-order valence-electron chi connectivity index (χ4n) is 4.73. The maximum atomic E-state index is 13.2. The van der Waals surface area contributed by atoms with Crippen molar-refractivity contribution >= 4 is 31.6 Å². The number of hydrogen-bond acceptors (Lipinski definition) is 7. The van der Waals surface area contributed by atoms with Crippen LogP contribution in [0.15, 0.2) is 73.7 Å². The predicted molar refractivity (Wildman–Crippen MR) is 148 cm³/mol. The second-order valence-electron chi connectivity index (χ2n) is 9.50. The monoisotopic (exact) mass is 538 g/mol. The van der Waals surface area contributed by atoms with Gasteiger partial charge < -0.3 is 10.0 Å². The minimum Gasteiger partial charge on any atom is -0.394 e. The number of anilines is 1. The Morgan fingerprint density at radius 3 is 2.59 bits per heavy atom. The first kappa shape index (κ1) is 25.1. The molecule has 4 aromatic heterocycles. The number of rotatable bonds is 8. The van der Waals surface area contributed by atoms with Crippen LogP contribution in [0.2, 0.25) is 0 Å². The van der Waals surface area contributed by atoms with Gasteiger partial charge >= 0.3 is 0 Å². The molecule has 1 aromatic carbocycles. The molecule has 0 bridgehead atoms. The molecule has 196 valence electrons. The highest BCUT2D eigenvalue weighted by Crippen LogP contribution is 2.29. The number of hydrogen-bond donors (Lipinski definition) is 1. The van der Waals surface area contributed by atoms with Crippen LogP contribution in [-0.2, 0) is 6.54 Å². The summed E-state index contributed by atoms with van der Waals surface area (Å²) in [7, 11) is 0.524. The molecule has 0 saturated carbocycles. The molecule has 11 heteroatoms. The summed E-state index contributed by atoms with van der Waals surface area (Å²) >= 11 is 0. The van der Waals surface area contributed by atoms with E-state index in [4.69, 9.17) is 5.11 Å². The first-order valence-electron chi connectivity index (χ1n) is 12.8. The largest absolute Gasteiger partial charge is 0.394 e.